The van der Waals surface area contributed by atoms with Gasteiger partial charge in [0, 0.05) is 5.39 Å². The van der Waals surface area contributed by atoms with Crippen molar-refractivity contribution in [3.63, 3.8) is 0 Å². The smallest absolute Gasteiger partial charge is 0.323 e. The molecule has 1 heterocycles. The van der Waals surface area contributed by atoms with Gasteiger partial charge in [0.25, 0.3) is 0 Å². The summed E-state index contributed by atoms with van der Waals surface area (Å²) in [5.41, 5.74) is 0. The lowest BCUT2D eigenvalue weighted by Crippen LogP contribution is -2.32. The number of carbonyl (C=O) groups is 1. The molecule has 2 N–H and O–H groups in total. The predicted octanol–water partition coefficient (Wildman–Crippen LogP) is 5.90. The van der Waals surface area contributed by atoms with Crippen molar-refractivity contribution in [1.82, 2.24) is 5.09 Å². The van der Waals surface area contributed by atoms with Gasteiger partial charge in [-0.15, -0.1) is 0 Å². The number of ether oxygens (including phenoxy) is 2. The molecular formula is C25H37FNO5P. The van der Waals surface area contributed by atoms with Gasteiger partial charge in [-0.3, -0.25) is 9.88 Å². The third kappa shape index (κ3) is 11.1. The number of nitrogens with one attached hydrogen (secondary N) is 1. The van der Waals surface area contributed by atoms with Gasteiger partial charge in [-0.1, -0.05) is 49.9 Å². The fraction of sp³-hybridized carbons (Fsp3) is 0.480. The second kappa shape index (κ2) is 15.7. The number of hydrogen-bond donors (Lipinski definition) is 2. The molecule has 1 saturated heterocycles. The highest BCUT2D eigenvalue weighted by molar-refractivity contribution is 7.29. The Bertz CT molecular complexity index is 835. The van der Waals surface area contributed by atoms with Crippen LogP contribution in [0.2, 0.25) is 0 Å². The predicted molar refractivity (Wildman–Crippen MR) is 133 cm³/mol. The van der Waals surface area contributed by atoms with Crippen molar-refractivity contribution in [3.05, 3.63) is 55.4 Å². The van der Waals surface area contributed by atoms with Crippen LogP contribution < -0.4 is 5.09 Å². The van der Waals surface area contributed by atoms with Crippen molar-refractivity contribution < 1.29 is 28.3 Å². The number of rotatable bonds is 7. The highest BCUT2D eigenvalue weighted by atomic mass is 31.1. The van der Waals surface area contributed by atoms with Crippen molar-refractivity contribution in [2.75, 3.05) is 6.61 Å². The van der Waals surface area contributed by atoms with Gasteiger partial charge in [-0.2, -0.15) is 0 Å². The first-order valence-corrected chi connectivity index (χ1v) is 12.0. The lowest BCUT2D eigenvalue weighted by Gasteiger charge is -2.16. The third-order valence-corrected chi connectivity index (χ3v) is 5.79. The number of aromatic hydroxyl groups is 1. The summed E-state index contributed by atoms with van der Waals surface area (Å²) < 4.78 is 26.4. The summed E-state index contributed by atoms with van der Waals surface area (Å²) in [5, 5.41) is 14.4. The Hall–Kier alpha value is -2.05. The summed E-state index contributed by atoms with van der Waals surface area (Å²) >= 11 is 0. The minimum atomic E-state index is -0.344. The van der Waals surface area contributed by atoms with E-state index in [1.165, 1.54) is 0 Å². The molecule has 2 aromatic carbocycles. The van der Waals surface area contributed by atoms with Crippen molar-refractivity contribution in [3.8, 4) is 5.75 Å². The number of phenols is 1. The maximum atomic E-state index is 11.5. The van der Waals surface area contributed by atoms with Crippen LogP contribution in [0.5, 0.6) is 5.75 Å². The van der Waals surface area contributed by atoms with Crippen LogP contribution in [0.1, 0.15) is 41.0 Å². The zero-order valence-electron chi connectivity index (χ0n) is 20.1. The molecular weight excluding hydrogens is 444 g/mol. The Morgan fingerprint density at radius 1 is 1.27 bits per heavy atom. The van der Waals surface area contributed by atoms with E-state index in [0.717, 1.165) is 17.2 Å². The molecule has 1 aliphatic heterocycles. The largest absolute Gasteiger partial charge is 0.507 e. The first-order valence-electron chi connectivity index (χ1n) is 11.1. The molecule has 0 aromatic heterocycles. The Morgan fingerprint density at radius 2 is 1.91 bits per heavy atom. The lowest BCUT2D eigenvalue weighted by atomic mass is 10.0. The molecule has 5 unspecified atom stereocenters. The normalized spacial score (nSPS) is 20.6. The van der Waals surface area contributed by atoms with E-state index in [-0.39, 0.29) is 39.5 Å². The van der Waals surface area contributed by atoms with Crippen molar-refractivity contribution in [2.24, 2.45) is 5.92 Å². The van der Waals surface area contributed by atoms with Gasteiger partial charge in [0.15, 0.2) is 0 Å². The number of carbonyl (C=O) groups excluding carboxylic acids is 1. The summed E-state index contributed by atoms with van der Waals surface area (Å²) in [4.78, 5) is 11.5. The van der Waals surface area contributed by atoms with Crippen LogP contribution in [0.15, 0.2) is 55.4 Å². The average Bonchev–Trinajstić information content (AvgIpc) is 3.09. The number of esters is 1. The molecule has 0 aliphatic carbocycles. The molecule has 5 atom stereocenters. The van der Waals surface area contributed by atoms with Crippen LogP contribution in [-0.4, -0.2) is 42.0 Å². The van der Waals surface area contributed by atoms with E-state index in [1.54, 1.807) is 13.0 Å². The standard InChI is InChI=1S/C13H26NO4P.C10H8O.C2H3F/c1-8(2)17-13(15)10(4)14-19-16-7-12-6-9(3)11(5)18-12;11-10-7-3-5-8-4-1-2-6-9(8)10;1-2-3/h8-12,14,19H,6-7H2,1-5H3;1-7,11H;2H,1H2. The van der Waals surface area contributed by atoms with Crippen molar-refractivity contribution >= 4 is 25.7 Å². The SMILES string of the molecule is C=CF.CC(C)OC(=O)C(C)NPOCC1CC(C)C(C)O1.Oc1cccc2ccccc12. The van der Waals surface area contributed by atoms with Crippen LogP contribution in [0.4, 0.5) is 4.39 Å². The van der Waals surface area contributed by atoms with E-state index in [0.29, 0.717) is 24.4 Å². The fourth-order valence-corrected chi connectivity index (χ4v) is 3.72. The number of phenolic OH excluding ortho intramolecular Hbond substituents is 1. The van der Waals surface area contributed by atoms with Crippen LogP contribution in [0.3, 0.4) is 0 Å². The highest BCUT2D eigenvalue weighted by Crippen LogP contribution is 2.27. The van der Waals surface area contributed by atoms with Gasteiger partial charge in [-0.05, 0) is 51.5 Å². The third-order valence-electron chi connectivity index (χ3n) is 4.93. The Kier molecular flexibility index (Phi) is 13.8. The van der Waals surface area contributed by atoms with E-state index in [1.807, 2.05) is 50.2 Å². The molecule has 0 amide bonds. The Balaban J connectivity index is 0.000000325. The monoisotopic (exact) mass is 481 g/mol. The Morgan fingerprint density at radius 3 is 2.48 bits per heavy atom. The van der Waals surface area contributed by atoms with E-state index in [9.17, 15) is 14.3 Å². The highest BCUT2D eigenvalue weighted by Gasteiger charge is 2.28. The summed E-state index contributed by atoms with van der Waals surface area (Å²) in [7, 11) is 0.0820. The lowest BCUT2D eigenvalue weighted by molar-refractivity contribution is -0.148. The minimum Gasteiger partial charge on any atom is -0.507 e. The molecule has 33 heavy (non-hydrogen) atoms. The van der Waals surface area contributed by atoms with Gasteiger partial charge in [0.2, 0.25) is 0 Å². The molecule has 1 fully saturated rings. The second-order valence-corrected chi connectivity index (χ2v) is 8.87. The fourth-order valence-electron chi connectivity index (χ4n) is 3.07. The summed E-state index contributed by atoms with van der Waals surface area (Å²) in [5.74, 6) is 0.693. The van der Waals surface area contributed by atoms with E-state index in [4.69, 9.17) is 14.0 Å². The number of hydrogen-bond acceptors (Lipinski definition) is 6. The van der Waals surface area contributed by atoms with Crippen molar-refractivity contribution in [2.45, 2.75) is 65.4 Å². The molecule has 184 valence electrons. The molecule has 0 bridgehead atoms. The van der Waals surface area contributed by atoms with E-state index < -0.39 is 0 Å². The van der Waals surface area contributed by atoms with Gasteiger partial charge < -0.3 is 19.1 Å². The first-order chi connectivity index (χ1) is 15.7. The molecule has 6 nitrogen and oxygen atoms in total. The maximum Gasteiger partial charge on any atom is 0.323 e. The van der Waals surface area contributed by atoms with Crippen molar-refractivity contribution in [1.29, 1.82) is 0 Å². The maximum absolute atomic E-state index is 11.5. The van der Waals surface area contributed by atoms with Gasteiger partial charge in [0.05, 0.1) is 40.2 Å². The molecule has 2 aromatic rings. The molecule has 0 spiro atoms. The van der Waals surface area contributed by atoms with Gasteiger partial charge in [-0.25, -0.2) is 4.39 Å². The van der Waals surface area contributed by atoms with Gasteiger partial charge in [0.1, 0.15) is 11.8 Å². The second-order valence-electron chi connectivity index (χ2n) is 8.09. The van der Waals surface area contributed by atoms with Crippen LogP contribution in [0, 0.1) is 5.92 Å². The number of benzene rings is 2. The zero-order valence-corrected chi connectivity index (χ0v) is 21.1. The first kappa shape index (κ1) is 29.0. The molecule has 0 radical (unpaired) electrons. The molecule has 3 rings (SSSR count). The zero-order chi connectivity index (χ0) is 24.8. The minimum absolute atomic E-state index is 0.0820. The van der Waals surface area contributed by atoms with Crippen LogP contribution in [-0.2, 0) is 18.8 Å². The van der Waals surface area contributed by atoms with Gasteiger partial charge >= 0.3 is 5.97 Å². The average molecular weight is 482 g/mol. The quantitative estimate of drug-likeness (QED) is 0.291. The molecule has 0 saturated carbocycles. The number of fused-ring (bicyclic) bond motifs is 1. The summed E-state index contributed by atoms with van der Waals surface area (Å²) in [6, 6.07) is 12.9. The summed E-state index contributed by atoms with van der Waals surface area (Å²) in [6.45, 7) is 13.0. The Labute approximate surface area is 198 Å². The van der Waals surface area contributed by atoms with E-state index >= 15 is 0 Å². The molecule has 1 aliphatic rings. The topological polar surface area (TPSA) is 77.0 Å². The molecule has 8 heteroatoms. The number of halogens is 1. The van der Waals surface area contributed by atoms with Crippen LogP contribution in [0.25, 0.3) is 10.8 Å². The van der Waals surface area contributed by atoms with Crippen LogP contribution >= 0.6 is 8.96 Å². The summed E-state index contributed by atoms with van der Waals surface area (Å²) in [6.07, 6.45) is 1.69. The van der Waals surface area contributed by atoms with E-state index in [2.05, 4.69) is 25.5 Å².